The second-order valence-electron chi connectivity index (χ2n) is 3.75. The SMILES string of the molecule is NCc1ccncc1CNc1ccc(O)cc1. The summed E-state index contributed by atoms with van der Waals surface area (Å²) in [5.41, 5.74) is 8.78. The minimum Gasteiger partial charge on any atom is -0.508 e. The molecule has 0 aliphatic carbocycles. The highest BCUT2D eigenvalue weighted by Crippen LogP contribution is 2.15. The number of nitrogens with one attached hydrogen (secondary N) is 1. The molecule has 4 nitrogen and oxygen atoms in total. The highest BCUT2D eigenvalue weighted by molar-refractivity contribution is 5.46. The van der Waals surface area contributed by atoms with Crippen LogP contribution < -0.4 is 11.1 Å². The summed E-state index contributed by atoms with van der Waals surface area (Å²) in [6, 6.07) is 8.88. The topological polar surface area (TPSA) is 71.2 Å². The van der Waals surface area contributed by atoms with Gasteiger partial charge in [0.15, 0.2) is 0 Å². The van der Waals surface area contributed by atoms with Crippen molar-refractivity contribution >= 4 is 5.69 Å². The van der Waals surface area contributed by atoms with Crippen LogP contribution in [0.25, 0.3) is 0 Å². The molecular weight excluding hydrogens is 214 g/mol. The largest absolute Gasteiger partial charge is 0.508 e. The van der Waals surface area contributed by atoms with Crippen molar-refractivity contribution in [1.82, 2.24) is 4.98 Å². The number of aromatic hydroxyl groups is 1. The Morgan fingerprint density at radius 2 is 1.88 bits per heavy atom. The van der Waals surface area contributed by atoms with Crippen molar-refractivity contribution < 1.29 is 5.11 Å². The smallest absolute Gasteiger partial charge is 0.115 e. The molecule has 0 aliphatic rings. The Morgan fingerprint density at radius 3 is 2.59 bits per heavy atom. The van der Waals surface area contributed by atoms with Gasteiger partial charge in [-0.2, -0.15) is 0 Å². The first-order chi connectivity index (χ1) is 8.29. The van der Waals surface area contributed by atoms with E-state index in [4.69, 9.17) is 10.8 Å². The Hall–Kier alpha value is -2.07. The second kappa shape index (κ2) is 5.32. The number of anilines is 1. The average Bonchev–Trinajstić information content (AvgIpc) is 2.38. The maximum Gasteiger partial charge on any atom is 0.115 e. The fourth-order valence-electron chi connectivity index (χ4n) is 1.59. The molecule has 0 radical (unpaired) electrons. The predicted molar refractivity (Wildman–Crippen MR) is 67.6 cm³/mol. The van der Waals surface area contributed by atoms with Crippen LogP contribution in [0, 0.1) is 0 Å². The molecule has 4 heteroatoms. The second-order valence-corrected chi connectivity index (χ2v) is 3.75. The molecule has 0 atom stereocenters. The van der Waals surface area contributed by atoms with E-state index in [1.807, 2.05) is 24.4 Å². The van der Waals surface area contributed by atoms with Crippen LogP contribution in [0.5, 0.6) is 5.75 Å². The summed E-state index contributed by atoms with van der Waals surface area (Å²) < 4.78 is 0. The van der Waals surface area contributed by atoms with Crippen molar-refractivity contribution in [3.63, 3.8) is 0 Å². The van der Waals surface area contributed by atoms with Gasteiger partial charge in [0.25, 0.3) is 0 Å². The first-order valence-electron chi connectivity index (χ1n) is 5.44. The number of nitrogens with two attached hydrogens (primary N) is 1. The van der Waals surface area contributed by atoms with Gasteiger partial charge in [-0.05, 0) is 41.5 Å². The minimum atomic E-state index is 0.263. The van der Waals surface area contributed by atoms with Crippen molar-refractivity contribution in [2.45, 2.75) is 13.1 Å². The lowest BCUT2D eigenvalue weighted by Gasteiger charge is -2.09. The van der Waals surface area contributed by atoms with E-state index in [1.165, 1.54) is 0 Å². The average molecular weight is 229 g/mol. The molecule has 4 N–H and O–H groups in total. The normalized spacial score (nSPS) is 10.2. The first kappa shape index (κ1) is 11.4. The highest BCUT2D eigenvalue weighted by Gasteiger charge is 2.00. The number of nitrogens with zero attached hydrogens (tertiary/aromatic N) is 1. The minimum absolute atomic E-state index is 0.263. The molecule has 1 aromatic heterocycles. The maximum atomic E-state index is 9.17. The third-order valence-electron chi connectivity index (χ3n) is 2.57. The Bertz CT molecular complexity index is 482. The molecular formula is C13H15N3O. The third kappa shape index (κ3) is 2.95. The number of aromatic nitrogens is 1. The molecule has 0 aliphatic heterocycles. The van der Waals surface area contributed by atoms with Crippen molar-refractivity contribution in [3.8, 4) is 5.75 Å². The summed E-state index contributed by atoms with van der Waals surface area (Å²) in [7, 11) is 0. The van der Waals surface area contributed by atoms with Crippen LogP contribution in [0.15, 0.2) is 42.7 Å². The van der Waals surface area contributed by atoms with E-state index in [1.54, 1.807) is 18.3 Å². The van der Waals surface area contributed by atoms with E-state index in [2.05, 4.69) is 10.3 Å². The Labute approximate surface area is 100 Å². The number of rotatable bonds is 4. The van der Waals surface area contributed by atoms with Crippen molar-refractivity contribution in [2.24, 2.45) is 5.73 Å². The van der Waals surface area contributed by atoms with Crippen LogP contribution in [0.4, 0.5) is 5.69 Å². The van der Waals surface area contributed by atoms with Gasteiger partial charge >= 0.3 is 0 Å². The molecule has 0 fully saturated rings. The number of hydrogen-bond acceptors (Lipinski definition) is 4. The summed E-state index contributed by atoms with van der Waals surface area (Å²) in [5.74, 6) is 0.263. The van der Waals surface area contributed by atoms with Gasteiger partial charge in [-0.25, -0.2) is 0 Å². The molecule has 0 saturated heterocycles. The van der Waals surface area contributed by atoms with Crippen molar-refractivity contribution in [2.75, 3.05) is 5.32 Å². The zero-order chi connectivity index (χ0) is 12.1. The summed E-state index contributed by atoms with van der Waals surface area (Å²) in [6.07, 6.45) is 3.56. The fourth-order valence-corrected chi connectivity index (χ4v) is 1.59. The maximum absolute atomic E-state index is 9.17. The first-order valence-corrected chi connectivity index (χ1v) is 5.44. The van der Waals surface area contributed by atoms with Gasteiger partial charge in [0.05, 0.1) is 0 Å². The van der Waals surface area contributed by atoms with Gasteiger partial charge in [-0.15, -0.1) is 0 Å². The van der Waals surface area contributed by atoms with Crippen LogP contribution in [0.3, 0.4) is 0 Å². The molecule has 0 bridgehead atoms. The Balaban J connectivity index is 2.04. The van der Waals surface area contributed by atoms with E-state index in [9.17, 15) is 0 Å². The molecule has 0 saturated carbocycles. The lowest BCUT2D eigenvalue weighted by atomic mass is 10.1. The highest BCUT2D eigenvalue weighted by atomic mass is 16.3. The van der Waals surface area contributed by atoms with E-state index >= 15 is 0 Å². The predicted octanol–water partition coefficient (Wildman–Crippen LogP) is 1.86. The summed E-state index contributed by atoms with van der Waals surface area (Å²) in [4.78, 5) is 4.08. The van der Waals surface area contributed by atoms with E-state index in [-0.39, 0.29) is 5.75 Å². The summed E-state index contributed by atoms with van der Waals surface area (Å²) in [6.45, 7) is 1.18. The summed E-state index contributed by atoms with van der Waals surface area (Å²) >= 11 is 0. The number of hydrogen-bond donors (Lipinski definition) is 3. The van der Waals surface area contributed by atoms with Gasteiger partial charge in [-0.3, -0.25) is 4.98 Å². The monoisotopic (exact) mass is 229 g/mol. The molecule has 2 aromatic rings. The van der Waals surface area contributed by atoms with Crippen LogP contribution in [0.1, 0.15) is 11.1 Å². The molecule has 0 spiro atoms. The quantitative estimate of drug-likeness (QED) is 0.700. The van der Waals surface area contributed by atoms with Crippen LogP contribution in [0.2, 0.25) is 0 Å². The molecule has 88 valence electrons. The molecule has 17 heavy (non-hydrogen) atoms. The van der Waals surface area contributed by atoms with Gasteiger partial charge in [0, 0.05) is 31.2 Å². The molecule has 2 rings (SSSR count). The Kier molecular flexibility index (Phi) is 3.57. The molecule has 0 amide bonds. The lowest BCUT2D eigenvalue weighted by Crippen LogP contribution is -2.06. The van der Waals surface area contributed by atoms with Gasteiger partial charge in [0.2, 0.25) is 0 Å². The fraction of sp³-hybridized carbons (Fsp3) is 0.154. The van der Waals surface area contributed by atoms with Gasteiger partial charge < -0.3 is 16.2 Å². The van der Waals surface area contributed by atoms with Crippen LogP contribution in [-0.4, -0.2) is 10.1 Å². The molecule has 0 unspecified atom stereocenters. The van der Waals surface area contributed by atoms with Gasteiger partial charge in [-0.1, -0.05) is 0 Å². The number of phenols is 1. The van der Waals surface area contributed by atoms with Gasteiger partial charge in [0.1, 0.15) is 5.75 Å². The number of pyridine rings is 1. The van der Waals surface area contributed by atoms with E-state index in [0.717, 1.165) is 16.8 Å². The van der Waals surface area contributed by atoms with E-state index in [0.29, 0.717) is 13.1 Å². The molecule has 1 heterocycles. The van der Waals surface area contributed by atoms with Crippen LogP contribution in [-0.2, 0) is 13.1 Å². The van der Waals surface area contributed by atoms with Crippen LogP contribution >= 0.6 is 0 Å². The number of benzene rings is 1. The lowest BCUT2D eigenvalue weighted by molar-refractivity contribution is 0.475. The Morgan fingerprint density at radius 1 is 1.12 bits per heavy atom. The third-order valence-corrected chi connectivity index (χ3v) is 2.57. The standard InChI is InChI=1S/C13H15N3O/c14-7-10-5-6-15-8-11(10)9-16-12-1-3-13(17)4-2-12/h1-6,8,16-17H,7,9,14H2. The van der Waals surface area contributed by atoms with E-state index < -0.39 is 0 Å². The van der Waals surface area contributed by atoms with Crippen molar-refractivity contribution in [1.29, 1.82) is 0 Å². The zero-order valence-electron chi connectivity index (χ0n) is 9.43. The molecule has 1 aromatic carbocycles. The van der Waals surface area contributed by atoms with Crippen molar-refractivity contribution in [3.05, 3.63) is 53.9 Å². The summed E-state index contributed by atoms with van der Waals surface area (Å²) in [5, 5.41) is 12.4. The zero-order valence-corrected chi connectivity index (χ0v) is 9.43. The number of phenolic OH excluding ortho intramolecular Hbond substituents is 1.